The molecule has 0 radical (unpaired) electrons. The lowest BCUT2D eigenvalue weighted by molar-refractivity contribution is -0.121. The highest BCUT2D eigenvalue weighted by molar-refractivity contribution is 6.30. The molecule has 130 valence electrons. The standard InChI is InChI=1S/C19H23ClN2O.ClH/c1-19(2,15-8-10-16(20)11-9-15)13-22-18(23)12-7-14-5-3-4-6-17(14)21;/h3-6,8-11H,7,12-13,21H2,1-2H3,(H,22,23);1H. The van der Waals surface area contributed by atoms with E-state index in [0.29, 0.717) is 24.4 Å². The molecule has 24 heavy (non-hydrogen) atoms. The molecular formula is C19H24Cl2N2O. The molecule has 0 heterocycles. The van der Waals surface area contributed by atoms with E-state index in [4.69, 9.17) is 17.3 Å². The van der Waals surface area contributed by atoms with Gasteiger partial charge in [-0.15, -0.1) is 12.4 Å². The molecule has 0 saturated carbocycles. The first-order valence-corrected chi connectivity index (χ1v) is 8.12. The van der Waals surface area contributed by atoms with Gasteiger partial charge in [0.2, 0.25) is 5.91 Å². The van der Waals surface area contributed by atoms with Crippen LogP contribution in [-0.2, 0) is 16.6 Å². The summed E-state index contributed by atoms with van der Waals surface area (Å²) in [6.07, 6.45) is 1.09. The van der Waals surface area contributed by atoms with E-state index in [2.05, 4.69) is 19.2 Å². The number of carbonyl (C=O) groups excluding carboxylic acids is 1. The summed E-state index contributed by atoms with van der Waals surface area (Å²) in [4.78, 5) is 12.1. The third-order valence-corrected chi connectivity index (χ3v) is 4.28. The molecule has 0 bridgehead atoms. The van der Waals surface area contributed by atoms with Gasteiger partial charge in [0.15, 0.2) is 0 Å². The number of hydrogen-bond acceptors (Lipinski definition) is 2. The van der Waals surface area contributed by atoms with Gasteiger partial charge in [0.05, 0.1) is 0 Å². The fraction of sp³-hybridized carbons (Fsp3) is 0.316. The number of anilines is 1. The highest BCUT2D eigenvalue weighted by Crippen LogP contribution is 2.24. The van der Waals surface area contributed by atoms with Gasteiger partial charge in [0.25, 0.3) is 0 Å². The Bertz CT molecular complexity index is 669. The van der Waals surface area contributed by atoms with Crippen molar-refractivity contribution in [2.45, 2.75) is 32.1 Å². The van der Waals surface area contributed by atoms with Crippen molar-refractivity contribution in [3.8, 4) is 0 Å². The quantitative estimate of drug-likeness (QED) is 0.745. The second-order valence-corrected chi connectivity index (χ2v) is 6.80. The predicted molar refractivity (Wildman–Crippen MR) is 104 cm³/mol. The highest BCUT2D eigenvalue weighted by Gasteiger charge is 2.21. The van der Waals surface area contributed by atoms with Crippen LogP contribution >= 0.6 is 24.0 Å². The number of aryl methyl sites for hydroxylation is 1. The first kappa shape index (κ1) is 20.3. The van der Waals surface area contributed by atoms with Crippen LogP contribution in [0.4, 0.5) is 5.69 Å². The summed E-state index contributed by atoms with van der Waals surface area (Å²) >= 11 is 5.92. The second kappa shape index (κ2) is 8.95. The lowest BCUT2D eigenvalue weighted by atomic mass is 9.84. The molecule has 2 rings (SSSR count). The molecule has 5 heteroatoms. The Kier molecular flexibility index (Phi) is 7.59. The highest BCUT2D eigenvalue weighted by atomic mass is 35.5. The average Bonchev–Trinajstić information content (AvgIpc) is 2.53. The molecule has 3 N–H and O–H groups in total. The van der Waals surface area contributed by atoms with Gasteiger partial charge in [-0.1, -0.05) is 55.8 Å². The van der Waals surface area contributed by atoms with Crippen LogP contribution < -0.4 is 11.1 Å². The van der Waals surface area contributed by atoms with Crippen molar-refractivity contribution in [2.24, 2.45) is 0 Å². The monoisotopic (exact) mass is 366 g/mol. The number of nitrogens with two attached hydrogens (primary N) is 1. The van der Waals surface area contributed by atoms with Gasteiger partial charge in [0, 0.05) is 29.1 Å². The Balaban J connectivity index is 0.00000288. The summed E-state index contributed by atoms with van der Waals surface area (Å²) in [5, 5.41) is 3.73. The summed E-state index contributed by atoms with van der Waals surface area (Å²) in [5.74, 6) is 0.0373. The fourth-order valence-corrected chi connectivity index (χ4v) is 2.55. The zero-order chi connectivity index (χ0) is 16.9. The Morgan fingerprint density at radius 1 is 1.12 bits per heavy atom. The van der Waals surface area contributed by atoms with E-state index in [1.165, 1.54) is 0 Å². The molecule has 0 aliphatic heterocycles. The molecule has 0 fully saturated rings. The summed E-state index contributed by atoms with van der Waals surface area (Å²) < 4.78 is 0. The Morgan fingerprint density at radius 2 is 1.75 bits per heavy atom. The molecule has 0 saturated heterocycles. The molecular weight excluding hydrogens is 343 g/mol. The number of para-hydroxylation sites is 1. The SMILES string of the molecule is CC(C)(CNC(=O)CCc1ccccc1N)c1ccc(Cl)cc1.Cl. The van der Waals surface area contributed by atoms with Crippen molar-refractivity contribution in [2.75, 3.05) is 12.3 Å². The maximum absolute atomic E-state index is 12.1. The largest absolute Gasteiger partial charge is 0.399 e. The minimum atomic E-state index is -0.147. The third-order valence-electron chi connectivity index (χ3n) is 4.03. The first-order chi connectivity index (χ1) is 10.9. The number of nitrogen functional groups attached to an aromatic ring is 1. The number of amides is 1. The van der Waals surface area contributed by atoms with Gasteiger partial charge in [-0.3, -0.25) is 4.79 Å². The van der Waals surface area contributed by atoms with Gasteiger partial charge in [-0.2, -0.15) is 0 Å². The normalized spacial score (nSPS) is 10.8. The van der Waals surface area contributed by atoms with Crippen LogP contribution in [0.3, 0.4) is 0 Å². The fourth-order valence-electron chi connectivity index (χ4n) is 2.42. The van der Waals surface area contributed by atoms with Gasteiger partial charge in [0.1, 0.15) is 0 Å². The zero-order valence-electron chi connectivity index (χ0n) is 14.0. The lowest BCUT2D eigenvalue weighted by Crippen LogP contribution is -2.36. The van der Waals surface area contributed by atoms with Crippen LogP contribution in [0.15, 0.2) is 48.5 Å². The summed E-state index contributed by atoms with van der Waals surface area (Å²) in [6, 6.07) is 15.4. The van der Waals surface area contributed by atoms with E-state index in [0.717, 1.165) is 16.8 Å². The first-order valence-electron chi connectivity index (χ1n) is 7.74. The molecule has 3 nitrogen and oxygen atoms in total. The minimum absolute atomic E-state index is 0. The lowest BCUT2D eigenvalue weighted by Gasteiger charge is -2.25. The van der Waals surface area contributed by atoms with Crippen molar-refractivity contribution in [1.29, 1.82) is 0 Å². The number of hydrogen-bond donors (Lipinski definition) is 2. The van der Waals surface area contributed by atoms with Crippen molar-refractivity contribution in [3.63, 3.8) is 0 Å². The summed E-state index contributed by atoms with van der Waals surface area (Å²) in [7, 11) is 0. The molecule has 2 aromatic carbocycles. The van der Waals surface area contributed by atoms with Gasteiger partial charge < -0.3 is 11.1 Å². The van der Waals surface area contributed by atoms with Crippen molar-refractivity contribution >= 4 is 35.6 Å². The summed E-state index contributed by atoms with van der Waals surface area (Å²) in [6.45, 7) is 4.79. The van der Waals surface area contributed by atoms with E-state index < -0.39 is 0 Å². The number of carbonyl (C=O) groups is 1. The number of halogens is 2. The van der Waals surface area contributed by atoms with Gasteiger partial charge in [-0.05, 0) is 35.7 Å². The predicted octanol–water partition coefficient (Wildman–Crippen LogP) is 4.37. The van der Waals surface area contributed by atoms with E-state index >= 15 is 0 Å². The molecule has 1 amide bonds. The van der Waals surface area contributed by atoms with Crippen LogP contribution in [0.25, 0.3) is 0 Å². The molecule has 0 unspecified atom stereocenters. The topological polar surface area (TPSA) is 55.1 Å². The molecule has 0 aliphatic rings. The van der Waals surface area contributed by atoms with Crippen molar-refractivity contribution in [3.05, 3.63) is 64.7 Å². The Hall–Kier alpha value is -1.71. The van der Waals surface area contributed by atoms with E-state index in [-0.39, 0.29) is 23.7 Å². The van der Waals surface area contributed by atoms with E-state index in [1.807, 2.05) is 48.5 Å². The molecule has 0 spiro atoms. The number of benzene rings is 2. The number of rotatable bonds is 6. The smallest absolute Gasteiger partial charge is 0.220 e. The van der Waals surface area contributed by atoms with Crippen LogP contribution in [0.2, 0.25) is 5.02 Å². The van der Waals surface area contributed by atoms with Crippen molar-refractivity contribution < 1.29 is 4.79 Å². The average molecular weight is 367 g/mol. The van der Waals surface area contributed by atoms with Gasteiger partial charge in [-0.25, -0.2) is 0 Å². The minimum Gasteiger partial charge on any atom is -0.399 e. The second-order valence-electron chi connectivity index (χ2n) is 6.37. The zero-order valence-corrected chi connectivity index (χ0v) is 15.6. The maximum atomic E-state index is 12.1. The van der Waals surface area contributed by atoms with Crippen LogP contribution in [0.5, 0.6) is 0 Å². The molecule has 0 aromatic heterocycles. The molecule has 0 aliphatic carbocycles. The Labute approximate surface area is 155 Å². The van der Waals surface area contributed by atoms with E-state index in [1.54, 1.807) is 0 Å². The van der Waals surface area contributed by atoms with E-state index in [9.17, 15) is 4.79 Å². The van der Waals surface area contributed by atoms with Crippen LogP contribution in [-0.4, -0.2) is 12.5 Å². The number of nitrogens with one attached hydrogen (secondary N) is 1. The van der Waals surface area contributed by atoms with Crippen LogP contribution in [0.1, 0.15) is 31.4 Å². The third kappa shape index (κ3) is 5.73. The molecule has 2 aromatic rings. The van der Waals surface area contributed by atoms with Gasteiger partial charge >= 0.3 is 0 Å². The maximum Gasteiger partial charge on any atom is 0.220 e. The van der Waals surface area contributed by atoms with Crippen LogP contribution in [0, 0.1) is 0 Å². The summed E-state index contributed by atoms with van der Waals surface area (Å²) in [5.41, 5.74) is 8.65. The van der Waals surface area contributed by atoms with Crippen molar-refractivity contribution in [1.82, 2.24) is 5.32 Å². The molecule has 0 atom stereocenters. The Morgan fingerprint density at radius 3 is 2.38 bits per heavy atom.